The Morgan fingerprint density at radius 3 is 2.61 bits per heavy atom. The van der Waals surface area contributed by atoms with Gasteiger partial charge in [-0.15, -0.1) is 0 Å². The van der Waals surface area contributed by atoms with E-state index in [1.807, 2.05) is 25.1 Å². The summed E-state index contributed by atoms with van der Waals surface area (Å²) in [4.78, 5) is 27.8. The first kappa shape index (κ1) is 19.1. The van der Waals surface area contributed by atoms with Crippen LogP contribution in [0.25, 0.3) is 0 Å². The highest BCUT2D eigenvalue weighted by atomic mass is 19.1. The van der Waals surface area contributed by atoms with Crippen molar-refractivity contribution in [3.05, 3.63) is 88.7 Å². The second kappa shape index (κ2) is 7.43. The van der Waals surface area contributed by atoms with Gasteiger partial charge >= 0.3 is 0 Å². The van der Waals surface area contributed by atoms with Crippen molar-refractivity contribution in [3.8, 4) is 11.5 Å². The molecule has 0 spiro atoms. The van der Waals surface area contributed by atoms with E-state index in [4.69, 9.17) is 9.47 Å². The Bertz CT molecular complexity index is 1190. The number of benzene rings is 3. The third-order valence-electron chi connectivity index (χ3n) is 5.47. The molecule has 1 atom stereocenters. The van der Waals surface area contributed by atoms with E-state index in [2.05, 4.69) is 5.32 Å². The molecule has 3 aromatic rings. The number of aryl methyl sites for hydroxylation is 1. The van der Waals surface area contributed by atoms with Crippen molar-refractivity contribution >= 4 is 17.5 Å². The summed E-state index contributed by atoms with van der Waals surface area (Å²) in [5.41, 5.74) is 3.47. The second-order valence-electron chi connectivity index (χ2n) is 7.59. The van der Waals surface area contributed by atoms with Gasteiger partial charge in [0.1, 0.15) is 12.4 Å². The molecule has 0 aliphatic carbocycles. The molecule has 5 rings (SSSR count). The van der Waals surface area contributed by atoms with Gasteiger partial charge in [-0.25, -0.2) is 4.39 Å². The van der Waals surface area contributed by atoms with Gasteiger partial charge in [-0.3, -0.25) is 9.59 Å². The standard InChI is InChI=1S/C24H19FN2O4/c1-14-2-8-19-18(10-14)23(15-3-6-17(25)7-4-15)27(12-22(28)26-19)24(29)16-5-9-20-21(11-16)31-13-30-20/h2-11,23H,12-13H2,1H3,(H,26,28)/t23-/m1/s1. The number of fused-ring (bicyclic) bond motifs is 2. The first-order valence-corrected chi connectivity index (χ1v) is 9.86. The molecular weight excluding hydrogens is 399 g/mol. The number of rotatable bonds is 2. The number of halogens is 1. The Labute approximate surface area is 178 Å². The molecule has 1 N–H and O–H groups in total. The molecule has 0 saturated heterocycles. The zero-order valence-electron chi connectivity index (χ0n) is 16.7. The molecule has 3 aromatic carbocycles. The summed E-state index contributed by atoms with van der Waals surface area (Å²) in [7, 11) is 0. The predicted molar refractivity (Wildman–Crippen MR) is 112 cm³/mol. The van der Waals surface area contributed by atoms with Gasteiger partial charge in [-0.1, -0.05) is 29.8 Å². The van der Waals surface area contributed by atoms with Crippen LogP contribution in [0.4, 0.5) is 10.1 Å². The van der Waals surface area contributed by atoms with E-state index < -0.39 is 6.04 Å². The second-order valence-corrected chi connectivity index (χ2v) is 7.59. The number of carbonyl (C=O) groups excluding carboxylic acids is 2. The van der Waals surface area contributed by atoms with Crippen LogP contribution in [0.5, 0.6) is 11.5 Å². The molecule has 0 aromatic heterocycles. The van der Waals surface area contributed by atoms with Gasteiger partial charge in [-0.2, -0.15) is 0 Å². The Morgan fingerprint density at radius 2 is 1.81 bits per heavy atom. The highest BCUT2D eigenvalue weighted by molar-refractivity contribution is 6.01. The molecular formula is C24H19FN2O4. The van der Waals surface area contributed by atoms with E-state index >= 15 is 0 Å². The summed E-state index contributed by atoms with van der Waals surface area (Å²) in [5.74, 6) is 0.0477. The highest BCUT2D eigenvalue weighted by Crippen LogP contribution is 2.38. The van der Waals surface area contributed by atoms with Crippen LogP contribution in [0.1, 0.15) is 33.1 Å². The maximum Gasteiger partial charge on any atom is 0.255 e. The fraction of sp³-hybridized carbons (Fsp3) is 0.167. The van der Waals surface area contributed by atoms with Gasteiger partial charge in [0, 0.05) is 16.8 Å². The molecule has 0 bridgehead atoms. The summed E-state index contributed by atoms with van der Waals surface area (Å²) >= 11 is 0. The zero-order chi connectivity index (χ0) is 21.5. The molecule has 0 fully saturated rings. The van der Waals surface area contributed by atoms with Crippen molar-refractivity contribution in [1.82, 2.24) is 4.90 Å². The van der Waals surface area contributed by atoms with Crippen molar-refractivity contribution in [2.75, 3.05) is 18.7 Å². The number of ether oxygens (including phenoxy) is 2. The molecule has 0 unspecified atom stereocenters. The molecule has 0 saturated carbocycles. The smallest absolute Gasteiger partial charge is 0.255 e. The zero-order valence-corrected chi connectivity index (χ0v) is 16.7. The Hall–Kier alpha value is -3.87. The van der Waals surface area contributed by atoms with Gasteiger partial charge in [0.25, 0.3) is 5.91 Å². The topological polar surface area (TPSA) is 67.9 Å². The molecule has 6 nitrogen and oxygen atoms in total. The molecule has 156 valence electrons. The van der Waals surface area contributed by atoms with E-state index in [0.717, 1.165) is 11.1 Å². The first-order valence-electron chi connectivity index (χ1n) is 9.86. The SMILES string of the molecule is Cc1ccc2c(c1)[C@@H](c1ccc(F)cc1)N(C(=O)c1ccc3c(c1)OCO3)CC(=O)N2. The Kier molecular flexibility index (Phi) is 4.58. The fourth-order valence-corrected chi connectivity index (χ4v) is 4.01. The number of carbonyl (C=O) groups is 2. The minimum Gasteiger partial charge on any atom is -0.454 e. The van der Waals surface area contributed by atoms with Crippen LogP contribution in [0, 0.1) is 12.7 Å². The maximum atomic E-state index is 13.6. The Morgan fingerprint density at radius 1 is 1.03 bits per heavy atom. The van der Waals surface area contributed by atoms with Crippen molar-refractivity contribution in [3.63, 3.8) is 0 Å². The molecule has 7 heteroatoms. The first-order chi connectivity index (χ1) is 15.0. The van der Waals surface area contributed by atoms with Gasteiger partial charge in [0.05, 0.1) is 6.04 Å². The minimum atomic E-state index is -0.577. The van der Waals surface area contributed by atoms with Crippen molar-refractivity contribution in [2.24, 2.45) is 0 Å². The van der Waals surface area contributed by atoms with Crippen LogP contribution in [0.2, 0.25) is 0 Å². The number of amides is 2. The molecule has 2 aliphatic heterocycles. The van der Waals surface area contributed by atoms with E-state index in [1.165, 1.54) is 17.0 Å². The number of hydrogen-bond acceptors (Lipinski definition) is 4. The average molecular weight is 418 g/mol. The lowest BCUT2D eigenvalue weighted by molar-refractivity contribution is -0.117. The molecule has 31 heavy (non-hydrogen) atoms. The summed E-state index contributed by atoms with van der Waals surface area (Å²) < 4.78 is 24.4. The van der Waals surface area contributed by atoms with Crippen LogP contribution in [0.15, 0.2) is 60.7 Å². The minimum absolute atomic E-state index is 0.101. The van der Waals surface area contributed by atoms with Gasteiger partial charge in [0.15, 0.2) is 11.5 Å². The maximum absolute atomic E-state index is 13.6. The summed E-state index contributed by atoms with van der Waals surface area (Å²) in [6.07, 6.45) is 0. The van der Waals surface area contributed by atoms with E-state index in [9.17, 15) is 14.0 Å². The van der Waals surface area contributed by atoms with Gasteiger partial charge < -0.3 is 19.7 Å². The molecule has 2 aliphatic rings. The molecule has 2 heterocycles. The van der Waals surface area contributed by atoms with Gasteiger partial charge in [0.2, 0.25) is 12.7 Å². The summed E-state index contributed by atoms with van der Waals surface area (Å²) in [6, 6.07) is 16.0. The van der Waals surface area contributed by atoms with Crippen molar-refractivity contribution in [2.45, 2.75) is 13.0 Å². The largest absolute Gasteiger partial charge is 0.454 e. The monoisotopic (exact) mass is 418 g/mol. The van der Waals surface area contributed by atoms with E-state index in [1.54, 1.807) is 30.3 Å². The lowest BCUT2D eigenvalue weighted by Gasteiger charge is -2.31. The lowest BCUT2D eigenvalue weighted by atomic mass is 9.94. The Balaban J connectivity index is 1.65. The van der Waals surface area contributed by atoms with E-state index in [0.29, 0.717) is 28.3 Å². The highest BCUT2D eigenvalue weighted by Gasteiger charge is 2.34. The van der Waals surface area contributed by atoms with Gasteiger partial charge in [-0.05, 0) is 48.9 Å². The third kappa shape index (κ3) is 3.48. The normalized spacial score (nSPS) is 17.0. The van der Waals surface area contributed by atoms with Crippen LogP contribution in [-0.4, -0.2) is 30.1 Å². The summed E-state index contributed by atoms with van der Waals surface area (Å²) in [5, 5.41) is 2.89. The quantitative estimate of drug-likeness (QED) is 0.682. The number of nitrogens with one attached hydrogen (secondary N) is 1. The van der Waals surface area contributed by atoms with Crippen LogP contribution < -0.4 is 14.8 Å². The molecule has 0 radical (unpaired) electrons. The number of nitrogens with zero attached hydrogens (tertiary/aromatic N) is 1. The third-order valence-corrected chi connectivity index (χ3v) is 5.47. The van der Waals surface area contributed by atoms with Crippen LogP contribution in [0.3, 0.4) is 0 Å². The number of hydrogen-bond donors (Lipinski definition) is 1. The van der Waals surface area contributed by atoms with Crippen LogP contribution in [-0.2, 0) is 4.79 Å². The van der Waals surface area contributed by atoms with E-state index in [-0.39, 0.29) is 31.0 Å². The fourth-order valence-electron chi connectivity index (χ4n) is 4.01. The average Bonchev–Trinajstić information content (AvgIpc) is 3.18. The summed E-state index contributed by atoms with van der Waals surface area (Å²) in [6.45, 7) is 1.89. The molecule has 2 amide bonds. The lowest BCUT2D eigenvalue weighted by Crippen LogP contribution is -2.39. The van der Waals surface area contributed by atoms with Crippen molar-refractivity contribution < 1.29 is 23.5 Å². The predicted octanol–water partition coefficient (Wildman–Crippen LogP) is 4.05. The van der Waals surface area contributed by atoms with Crippen molar-refractivity contribution in [1.29, 1.82) is 0 Å². The van der Waals surface area contributed by atoms with Crippen LogP contribution >= 0.6 is 0 Å². The number of anilines is 1.